The van der Waals surface area contributed by atoms with Gasteiger partial charge in [0.05, 0.1) is 29.8 Å². The van der Waals surface area contributed by atoms with Crippen molar-refractivity contribution in [3.8, 4) is 11.5 Å². The summed E-state index contributed by atoms with van der Waals surface area (Å²) in [4.78, 5) is 11.3. The van der Waals surface area contributed by atoms with Crippen LogP contribution in [0.15, 0.2) is 23.1 Å². The van der Waals surface area contributed by atoms with E-state index in [9.17, 15) is 13.2 Å². The molecule has 0 radical (unpaired) electrons. The Labute approximate surface area is 161 Å². The van der Waals surface area contributed by atoms with E-state index in [0.29, 0.717) is 24.3 Å². The van der Waals surface area contributed by atoms with Crippen molar-refractivity contribution in [2.45, 2.75) is 81.0 Å². The van der Waals surface area contributed by atoms with Crippen LogP contribution in [0.1, 0.15) is 64.7 Å². The van der Waals surface area contributed by atoms with E-state index in [1.165, 1.54) is 19.2 Å². The van der Waals surface area contributed by atoms with Crippen LogP contribution in [0, 0.1) is 0 Å². The molecule has 0 aliphatic heterocycles. The highest BCUT2D eigenvalue weighted by atomic mass is 32.2. The average Bonchev–Trinajstić information content (AvgIpc) is 3.13. The van der Waals surface area contributed by atoms with Crippen LogP contribution in [0.2, 0.25) is 0 Å². The fourth-order valence-corrected chi connectivity index (χ4v) is 5.24. The van der Waals surface area contributed by atoms with Gasteiger partial charge >= 0.3 is 5.97 Å². The number of hydrogen-bond donors (Lipinski definition) is 1. The predicted molar refractivity (Wildman–Crippen MR) is 103 cm³/mol. The number of carboxylic acid groups (broad SMARTS) is 1. The van der Waals surface area contributed by atoms with Gasteiger partial charge in [-0.3, -0.25) is 4.79 Å². The molecular formula is C20H30O6S. The van der Waals surface area contributed by atoms with Crippen LogP contribution in [-0.4, -0.2) is 38.0 Å². The maximum atomic E-state index is 13.1. The Morgan fingerprint density at radius 1 is 1.22 bits per heavy atom. The fraction of sp³-hybridized carbons (Fsp3) is 0.650. The lowest BCUT2D eigenvalue weighted by molar-refractivity contribution is -0.137. The lowest BCUT2D eigenvalue weighted by Gasteiger charge is -2.19. The van der Waals surface area contributed by atoms with Crippen molar-refractivity contribution < 1.29 is 27.8 Å². The minimum absolute atomic E-state index is 0.0659. The molecule has 1 fully saturated rings. The molecule has 0 bridgehead atoms. The van der Waals surface area contributed by atoms with E-state index >= 15 is 0 Å². The molecule has 0 aromatic heterocycles. The summed E-state index contributed by atoms with van der Waals surface area (Å²) < 4.78 is 37.5. The largest absolute Gasteiger partial charge is 0.493 e. The molecule has 27 heavy (non-hydrogen) atoms. The fourth-order valence-electron chi connectivity index (χ4n) is 3.49. The van der Waals surface area contributed by atoms with E-state index in [4.69, 9.17) is 14.6 Å². The summed E-state index contributed by atoms with van der Waals surface area (Å²) in [6.07, 6.45) is 6.62. The normalized spacial score (nSPS) is 16.2. The monoisotopic (exact) mass is 398 g/mol. The first kappa shape index (κ1) is 21.5. The minimum Gasteiger partial charge on any atom is -0.493 e. The third kappa shape index (κ3) is 5.86. The summed E-state index contributed by atoms with van der Waals surface area (Å²) in [6.45, 7) is 2.02. The Balaban J connectivity index is 2.29. The molecule has 152 valence electrons. The zero-order valence-corrected chi connectivity index (χ0v) is 17.0. The summed E-state index contributed by atoms with van der Waals surface area (Å²) in [5.74, 6) is -0.203. The third-order valence-electron chi connectivity index (χ3n) is 5.03. The zero-order chi connectivity index (χ0) is 19.9. The number of carbonyl (C=O) groups is 1. The van der Waals surface area contributed by atoms with Crippen molar-refractivity contribution in [1.82, 2.24) is 0 Å². The van der Waals surface area contributed by atoms with Gasteiger partial charge in [0, 0.05) is 6.07 Å². The number of methoxy groups -OCH3 is 1. The highest BCUT2D eigenvalue weighted by molar-refractivity contribution is 7.92. The summed E-state index contributed by atoms with van der Waals surface area (Å²) in [5, 5.41) is 8.23. The maximum Gasteiger partial charge on any atom is 0.304 e. The number of rotatable bonds is 11. The smallest absolute Gasteiger partial charge is 0.304 e. The number of unbranched alkanes of at least 4 members (excludes halogenated alkanes) is 2. The molecule has 0 amide bonds. The second kappa shape index (κ2) is 9.97. The first-order chi connectivity index (χ1) is 12.9. The highest BCUT2D eigenvalue weighted by Gasteiger charge is 2.30. The second-order valence-electron chi connectivity index (χ2n) is 7.10. The molecule has 1 N–H and O–H groups in total. The number of hydrogen-bond acceptors (Lipinski definition) is 5. The van der Waals surface area contributed by atoms with E-state index in [0.717, 1.165) is 38.5 Å². The number of sulfone groups is 1. The molecule has 1 aromatic rings. The zero-order valence-electron chi connectivity index (χ0n) is 16.1. The number of aliphatic carboxylic acids is 1. The third-order valence-corrected chi connectivity index (χ3v) is 7.22. The topological polar surface area (TPSA) is 89.9 Å². The van der Waals surface area contributed by atoms with Crippen molar-refractivity contribution in [2.24, 2.45) is 0 Å². The molecule has 1 atom stereocenters. The summed E-state index contributed by atoms with van der Waals surface area (Å²) in [6, 6.07) is 4.55. The van der Waals surface area contributed by atoms with E-state index in [1.807, 2.05) is 6.92 Å². The molecule has 1 unspecified atom stereocenters. The molecule has 7 heteroatoms. The van der Waals surface area contributed by atoms with Gasteiger partial charge in [-0.15, -0.1) is 0 Å². The lowest BCUT2D eigenvalue weighted by Crippen LogP contribution is -2.25. The second-order valence-corrected chi connectivity index (χ2v) is 9.33. The molecule has 2 rings (SSSR count). The SMILES string of the molecule is CCCCCC(CC(=O)O)S(=O)(=O)c1ccc(OC)c(OC2CCCC2)c1. The van der Waals surface area contributed by atoms with Crippen LogP contribution in [0.5, 0.6) is 11.5 Å². The van der Waals surface area contributed by atoms with Gasteiger partial charge in [-0.25, -0.2) is 8.42 Å². The van der Waals surface area contributed by atoms with Gasteiger partial charge < -0.3 is 14.6 Å². The Kier molecular flexibility index (Phi) is 7.95. The number of ether oxygens (including phenoxy) is 2. The molecular weight excluding hydrogens is 368 g/mol. The van der Waals surface area contributed by atoms with E-state index in [-0.39, 0.29) is 11.0 Å². The number of benzene rings is 1. The first-order valence-electron chi connectivity index (χ1n) is 9.68. The van der Waals surface area contributed by atoms with E-state index in [2.05, 4.69) is 0 Å². The Morgan fingerprint density at radius 2 is 1.93 bits per heavy atom. The average molecular weight is 399 g/mol. The highest BCUT2D eigenvalue weighted by Crippen LogP contribution is 2.35. The van der Waals surface area contributed by atoms with E-state index < -0.39 is 27.5 Å². The first-order valence-corrected chi connectivity index (χ1v) is 11.2. The molecule has 1 aliphatic rings. The molecule has 6 nitrogen and oxygen atoms in total. The van der Waals surface area contributed by atoms with Crippen LogP contribution in [0.3, 0.4) is 0 Å². The molecule has 0 saturated heterocycles. The van der Waals surface area contributed by atoms with Gasteiger partial charge in [0.1, 0.15) is 0 Å². The van der Waals surface area contributed by atoms with Gasteiger partial charge in [-0.2, -0.15) is 0 Å². The van der Waals surface area contributed by atoms with Gasteiger partial charge in [-0.05, 0) is 44.2 Å². The van der Waals surface area contributed by atoms with Crippen molar-refractivity contribution in [3.05, 3.63) is 18.2 Å². The molecule has 1 aliphatic carbocycles. The van der Waals surface area contributed by atoms with Gasteiger partial charge in [0.2, 0.25) is 0 Å². The van der Waals surface area contributed by atoms with Gasteiger partial charge in [0.15, 0.2) is 21.3 Å². The van der Waals surface area contributed by atoms with Crippen molar-refractivity contribution in [1.29, 1.82) is 0 Å². The Bertz CT molecular complexity index is 722. The Hall–Kier alpha value is -1.76. The standard InChI is InChI=1S/C20H30O6S/c1-3-4-5-10-16(14-20(21)22)27(23,24)17-11-12-18(25-2)19(13-17)26-15-8-6-7-9-15/h11-13,15-16H,3-10,14H2,1-2H3,(H,21,22). The van der Waals surface area contributed by atoms with Crippen LogP contribution in [0.4, 0.5) is 0 Å². The van der Waals surface area contributed by atoms with Crippen LogP contribution >= 0.6 is 0 Å². The summed E-state index contributed by atoms with van der Waals surface area (Å²) in [5.41, 5.74) is 0. The van der Waals surface area contributed by atoms with Crippen LogP contribution in [-0.2, 0) is 14.6 Å². The van der Waals surface area contributed by atoms with Crippen LogP contribution < -0.4 is 9.47 Å². The molecule has 0 spiro atoms. The molecule has 1 saturated carbocycles. The van der Waals surface area contributed by atoms with Gasteiger partial charge in [0.25, 0.3) is 0 Å². The Morgan fingerprint density at radius 3 is 2.52 bits per heavy atom. The van der Waals surface area contributed by atoms with Crippen molar-refractivity contribution in [2.75, 3.05) is 7.11 Å². The maximum absolute atomic E-state index is 13.1. The van der Waals surface area contributed by atoms with Gasteiger partial charge in [-0.1, -0.05) is 26.2 Å². The lowest BCUT2D eigenvalue weighted by atomic mass is 10.1. The summed E-state index contributed by atoms with van der Waals surface area (Å²) in [7, 11) is -2.26. The van der Waals surface area contributed by atoms with E-state index in [1.54, 1.807) is 6.07 Å². The predicted octanol–water partition coefficient (Wildman–Crippen LogP) is 4.21. The minimum atomic E-state index is -3.77. The quantitative estimate of drug-likeness (QED) is 0.562. The van der Waals surface area contributed by atoms with Crippen molar-refractivity contribution in [3.63, 3.8) is 0 Å². The summed E-state index contributed by atoms with van der Waals surface area (Å²) >= 11 is 0. The number of carboxylic acids is 1. The van der Waals surface area contributed by atoms with Crippen molar-refractivity contribution >= 4 is 15.8 Å². The van der Waals surface area contributed by atoms with Crippen LogP contribution in [0.25, 0.3) is 0 Å². The molecule has 1 aromatic carbocycles. The molecule has 0 heterocycles.